The van der Waals surface area contributed by atoms with Gasteiger partial charge in [-0.3, -0.25) is 0 Å². The largest absolute Gasteiger partial charge is 2.00 e. The van der Waals surface area contributed by atoms with Crippen LogP contribution in [-0.4, -0.2) is 10.7 Å². The topological polar surface area (TPSA) is 36.4 Å². The van der Waals surface area contributed by atoms with E-state index in [0.29, 0.717) is 0 Å². The Balaban J connectivity index is 0. The van der Waals surface area contributed by atoms with Gasteiger partial charge in [0.15, 0.2) is 0 Å². The van der Waals surface area contributed by atoms with Crippen LogP contribution < -0.4 is 0 Å². The summed E-state index contributed by atoms with van der Waals surface area (Å²) in [7, 11) is 0. The molecular weight excluding hydrogens is 795 g/mol. The Hall–Kier alpha value is -2.87. The van der Waals surface area contributed by atoms with E-state index < -0.39 is 0 Å². The van der Waals surface area contributed by atoms with Crippen LogP contribution in [0.4, 0.5) is 0 Å². The number of benzene rings is 2. The average Bonchev–Trinajstić information content (AvgIpc) is 3.30. The summed E-state index contributed by atoms with van der Waals surface area (Å²) in [4.78, 5) is 3.56. The van der Waals surface area contributed by atoms with Crippen molar-refractivity contribution in [3.8, 4) is 11.8 Å². The third kappa shape index (κ3) is 30.3. The number of hydrogen-bond donors (Lipinski definition) is 0. The van der Waals surface area contributed by atoms with Crippen LogP contribution >= 0.6 is 0 Å². The van der Waals surface area contributed by atoms with Crippen LogP contribution in [-0.2, 0) is 29.3 Å². The monoisotopic (exact) mass is 889 g/mol. The molecule has 0 N–H and O–H groups in total. The van der Waals surface area contributed by atoms with E-state index >= 15 is 0 Å². The molecule has 0 bridgehead atoms. The molecule has 350 valence electrons. The molecule has 0 saturated carbocycles. The number of nitrogens with zero attached hydrogens (tertiary/aromatic N) is 2. The second kappa shape index (κ2) is 47.6. The van der Waals surface area contributed by atoms with E-state index in [1.807, 2.05) is 0 Å². The predicted molar refractivity (Wildman–Crippen MR) is 274 cm³/mol. The van der Waals surface area contributed by atoms with E-state index in [1.54, 1.807) is 13.8 Å². The van der Waals surface area contributed by atoms with Crippen molar-refractivity contribution in [3.63, 3.8) is 0 Å². The number of rotatable bonds is 34. The van der Waals surface area contributed by atoms with Crippen LogP contribution in [0, 0.1) is 25.7 Å². The van der Waals surface area contributed by atoms with E-state index in [-0.39, 0.29) is 16.5 Å². The van der Waals surface area contributed by atoms with Gasteiger partial charge in [-0.2, -0.15) is 13.8 Å². The second-order valence-electron chi connectivity index (χ2n) is 16.5. The molecule has 0 spiro atoms. The van der Waals surface area contributed by atoms with E-state index in [9.17, 15) is 5.53 Å². The maximum atomic E-state index is 9.96. The Labute approximate surface area is 396 Å². The molecule has 2 nitrogen and oxygen atoms in total. The van der Waals surface area contributed by atoms with Crippen molar-refractivity contribution >= 4 is 11.4 Å². The summed E-state index contributed by atoms with van der Waals surface area (Å²) < 4.78 is 0. The average molecular weight is 890 g/mol. The van der Waals surface area contributed by atoms with Gasteiger partial charge in [0.25, 0.3) is 0 Å². The van der Waals surface area contributed by atoms with E-state index in [0.717, 1.165) is 76.2 Å². The SMILES string of the molecule is CC=CCCCc1ccccc1C(=C(CCCC)C(=C=[N+]=[N-])CCCCCCCC)c1ccccc1CCC#CCCCCCCCCCCCCCCCCC.[CH2-]C.[CH2-]C.[Ni+2]. The van der Waals surface area contributed by atoms with Gasteiger partial charge in [0.1, 0.15) is 0 Å². The van der Waals surface area contributed by atoms with Crippen molar-refractivity contribution in [2.45, 2.75) is 241 Å². The summed E-state index contributed by atoms with van der Waals surface area (Å²) in [5, 5.41) is 0. The van der Waals surface area contributed by atoms with Gasteiger partial charge in [-0.05, 0) is 98.1 Å². The first-order valence-electron chi connectivity index (χ1n) is 25.6. The van der Waals surface area contributed by atoms with Gasteiger partial charge < -0.3 is 19.4 Å². The molecule has 0 fully saturated rings. The minimum Gasteiger partial charge on any atom is -0.348 e. The molecule has 0 amide bonds. The standard InChI is InChI=1S/C55H84N2.2C2H5.Ni/c1-5-9-13-16-18-19-20-21-22-23-24-25-26-27-28-29-30-32-34-41-50-43-37-39-47-53(50)55(52-46-38-36-42-49(52)40-33-15-11-7-3)54(45-12-8-4)51(48-57-56)44-35-31-17-14-10-6-2;2*1-2;/h7,11,36-39,42-43,46-47H,5-6,8-10,12-29,31,33-35,40-41,44-45H2,1-4H3;2*1H2,2H3;/q;2*-1;+2. The summed E-state index contributed by atoms with van der Waals surface area (Å²) >= 11 is 0. The van der Waals surface area contributed by atoms with Gasteiger partial charge in [-0.25, -0.2) is 0 Å². The molecule has 0 aliphatic carbocycles. The molecule has 0 aliphatic rings. The zero-order valence-electron chi connectivity index (χ0n) is 41.3. The second-order valence-corrected chi connectivity index (χ2v) is 16.5. The van der Waals surface area contributed by atoms with Crippen molar-refractivity contribution in [1.29, 1.82) is 0 Å². The van der Waals surface area contributed by atoms with E-state index in [1.165, 1.54) is 162 Å². The van der Waals surface area contributed by atoms with Gasteiger partial charge in [0.05, 0.1) is 5.57 Å². The molecule has 0 radical (unpaired) electrons. The predicted octanol–water partition coefficient (Wildman–Crippen LogP) is 19.0. The number of allylic oxidation sites excluding steroid dienone is 4. The molecule has 0 aliphatic heterocycles. The maximum Gasteiger partial charge on any atom is 2.00 e. The minimum atomic E-state index is 0. The smallest absolute Gasteiger partial charge is 0.348 e. The van der Waals surface area contributed by atoms with Crippen molar-refractivity contribution < 1.29 is 21.3 Å². The van der Waals surface area contributed by atoms with Crippen LogP contribution in [0.5, 0.6) is 0 Å². The fraction of sp³-hybridized carbons (Fsp3) is 0.627. The molecule has 2 aromatic carbocycles. The molecule has 0 saturated heterocycles. The van der Waals surface area contributed by atoms with Crippen LogP contribution in [0.2, 0.25) is 0 Å². The van der Waals surface area contributed by atoms with Crippen molar-refractivity contribution in [2.24, 2.45) is 0 Å². The Kier molecular flexibility index (Phi) is 47.0. The summed E-state index contributed by atoms with van der Waals surface area (Å²) in [6.45, 7) is 19.0. The van der Waals surface area contributed by atoms with Crippen LogP contribution in [0.1, 0.15) is 250 Å². The van der Waals surface area contributed by atoms with Gasteiger partial charge in [-0.1, -0.05) is 210 Å². The minimum absolute atomic E-state index is 0. The first-order chi connectivity index (χ1) is 30.2. The molecule has 3 heteroatoms. The summed E-state index contributed by atoms with van der Waals surface area (Å²) in [6.07, 6.45) is 42.9. The molecule has 2 rings (SSSR count). The summed E-state index contributed by atoms with van der Waals surface area (Å²) in [5.41, 5.74) is 19.0. The quantitative estimate of drug-likeness (QED) is 0.00773. The normalized spacial score (nSPS) is 10.8. The van der Waals surface area contributed by atoms with Crippen LogP contribution in [0.3, 0.4) is 0 Å². The molecule has 0 aromatic heterocycles. The fourth-order valence-corrected chi connectivity index (χ4v) is 8.17. The first kappa shape index (κ1) is 61.2. The van der Waals surface area contributed by atoms with Gasteiger partial charge in [0, 0.05) is 12.8 Å². The Bertz CT molecular complexity index is 1520. The summed E-state index contributed by atoms with van der Waals surface area (Å²) in [5.74, 6) is 10.2. The molecule has 62 heavy (non-hydrogen) atoms. The Morgan fingerprint density at radius 1 is 0.532 bits per heavy atom. The fourth-order valence-electron chi connectivity index (χ4n) is 8.17. The summed E-state index contributed by atoms with van der Waals surface area (Å²) in [6, 6.07) is 18.1. The zero-order valence-corrected chi connectivity index (χ0v) is 42.3. The molecule has 0 atom stereocenters. The number of unbranched alkanes of at least 4 members (excludes halogenated alkanes) is 22. The number of hydrogen-bond acceptors (Lipinski definition) is 0. The van der Waals surface area contributed by atoms with Gasteiger partial charge >= 0.3 is 22.4 Å². The van der Waals surface area contributed by atoms with Crippen molar-refractivity contribution in [1.82, 2.24) is 0 Å². The third-order valence-corrected chi connectivity index (χ3v) is 11.6. The Morgan fingerprint density at radius 3 is 1.45 bits per heavy atom. The zero-order chi connectivity index (χ0) is 44.9. The van der Waals surface area contributed by atoms with Crippen LogP contribution in [0.15, 0.2) is 71.8 Å². The Morgan fingerprint density at radius 2 is 0.968 bits per heavy atom. The number of aryl methyl sites for hydroxylation is 2. The van der Waals surface area contributed by atoms with Crippen LogP contribution in [0.25, 0.3) is 11.1 Å². The van der Waals surface area contributed by atoms with Gasteiger partial charge in [0.2, 0.25) is 0 Å². The van der Waals surface area contributed by atoms with E-state index in [2.05, 4.69) is 125 Å². The molecule has 0 unspecified atom stereocenters. The maximum absolute atomic E-state index is 9.96. The third-order valence-electron chi connectivity index (χ3n) is 11.6. The first-order valence-corrected chi connectivity index (χ1v) is 25.6. The van der Waals surface area contributed by atoms with Crippen molar-refractivity contribution in [3.05, 3.63) is 113 Å². The molecular formula is C59H94N2Ni. The van der Waals surface area contributed by atoms with E-state index in [4.69, 9.17) is 0 Å². The molecule has 0 heterocycles. The van der Waals surface area contributed by atoms with Crippen molar-refractivity contribution in [2.75, 3.05) is 0 Å². The van der Waals surface area contributed by atoms with Gasteiger partial charge in [-0.15, -0.1) is 16.6 Å². The molecule has 2 aromatic rings.